The van der Waals surface area contributed by atoms with Crippen molar-refractivity contribution >= 4 is 28.9 Å². The van der Waals surface area contributed by atoms with Crippen LogP contribution >= 0.6 is 23.1 Å². The lowest BCUT2D eigenvalue weighted by molar-refractivity contribution is 0.102. The van der Waals surface area contributed by atoms with Crippen LogP contribution < -0.4 is 0 Å². The van der Waals surface area contributed by atoms with Gasteiger partial charge in [-0.15, -0.1) is 21.5 Å². The first-order valence-electron chi connectivity index (χ1n) is 8.73. The molecule has 3 aromatic heterocycles. The number of rotatable bonds is 9. The molecule has 0 aliphatic carbocycles. The maximum absolute atomic E-state index is 12.7. The van der Waals surface area contributed by atoms with Gasteiger partial charge in [0.25, 0.3) is 0 Å². The molecule has 0 spiro atoms. The van der Waals surface area contributed by atoms with Crippen molar-refractivity contribution in [3.05, 3.63) is 51.2 Å². The van der Waals surface area contributed by atoms with Gasteiger partial charge in [-0.3, -0.25) is 4.79 Å². The SMILES string of the molecule is COCCn1c(C)cc(C(=O)CSc2nnc(Cc3cccs3)n2C)c1C. The zero-order valence-corrected chi connectivity index (χ0v) is 17.7. The lowest BCUT2D eigenvalue weighted by atomic mass is 10.2. The minimum Gasteiger partial charge on any atom is -0.383 e. The Morgan fingerprint density at radius 2 is 2.15 bits per heavy atom. The zero-order chi connectivity index (χ0) is 19.4. The van der Waals surface area contributed by atoms with E-state index >= 15 is 0 Å². The van der Waals surface area contributed by atoms with Gasteiger partial charge in [-0.05, 0) is 31.4 Å². The Morgan fingerprint density at radius 1 is 1.33 bits per heavy atom. The number of aromatic nitrogens is 4. The van der Waals surface area contributed by atoms with E-state index in [1.807, 2.05) is 37.6 Å². The van der Waals surface area contributed by atoms with Crippen molar-refractivity contribution in [2.24, 2.45) is 7.05 Å². The van der Waals surface area contributed by atoms with Gasteiger partial charge in [0.15, 0.2) is 10.9 Å². The lowest BCUT2D eigenvalue weighted by Gasteiger charge is -2.08. The van der Waals surface area contributed by atoms with E-state index in [0.717, 1.165) is 40.9 Å². The summed E-state index contributed by atoms with van der Waals surface area (Å²) in [6, 6.07) is 6.09. The first kappa shape index (κ1) is 19.9. The van der Waals surface area contributed by atoms with Crippen LogP contribution in [0.4, 0.5) is 0 Å². The molecule has 144 valence electrons. The number of carbonyl (C=O) groups is 1. The molecule has 0 aliphatic heterocycles. The number of thioether (sulfide) groups is 1. The van der Waals surface area contributed by atoms with Gasteiger partial charge in [-0.25, -0.2) is 0 Å². The summed E-state index contributed by atoms with van der Waals surface area (Å²) in [6.45, 7) is 5.39. The van der Waals surface area contributed by atoms with Crippen molar-refractivity contribution in [2.75, 3.05) is 19.5 Å². The molecular weight excluding hydrogens is 380 g/mol. The second kappa shape index (κ2) is 8.86. The lowest BCUT2D eigenvalue weighted by Crippen LogP contribution is -2.10. The highest BCUT2D eigenvalue weighted by Crippen LogP contribution is 2.22. The average molecular weight is 405 g/mol. The molecule has 3 aromatic rings. The summed E-state index contributed by atoms with van der Waals surface area (Å²) in [7, 11) is 3.64. The third-order valence-electron chi connectivity index (χ3n) is 4.56. The summed E-state index contributed by atoms with van der Waals surface area (Å²) in [5, 5.41) is 11.4. The molecule has 3 heterocycles. The predicted molar refractivity (Wildman–Crippen MR) is 109 cm³/mol. The largest absolute Gasteiger partial charge is 0.383 e. The van der Waals surface area contributed by atoms with E-state index in [1.165, 1.54) is 16.6 Å². The quantitative estimate of drug-likeness (QED) is 0.403. The summed E-state index contributed by atoms with van der Waals surface area (Å²) >= 11 is 3.14. The summed E-state index contributed by atoms with van der Waals surface area (Å²) in [6.07, 6.45) is 0.760. The molecule has 0 radical (unpaired) electrons. The molecule has 3 rings (SSSR count). The van der Waals surface area contributed by atoms with Gasteiger partial charge < -0.3 is 13.9 Å². The first-order chi connectivity index (χ1) is 13.0. The van der Waals surface area contributed by atoms with Crippen LogP contribution in [0.25, 0.3) is 0 Å². The molecular formula is C19H24N4O2S2. The Hall–Kier alpha value is -1.90. The molecule has 0 fully saturated rings. The summed E-state index contributed by atoms with van der Waals surface area (Å²) in [4.78, 5) is 14.0. The number of hydrogen-bond acceptors (Lipinski definition) is 6. The number of methoxy groups -OCH3 is 1. The van der Waals surface area contributed by atoms with Crippen molar-refractivity contribution in [1.29, 1.82) is 0 Å². The monoisotopic (exact) mass is 404 g/mol. The maximum Gasteiger partial charge on any atom is 0.191 e. The number of carbonyl (C=O) groups excluding carboxylic acids is 1. The number of ketones is 1. The Labute approximate surface area is 167 Å². The fourth-order valence-electron chi connectivity index (χ4n) is 3.01. The van der Waals surface area contributed by atoms with Crippen LogP contribution in [0.3, 0.4) is 0 Å². The number of hydrogen-bond donors (Lipinski definition) is 0. The van der Waals surface area contributed by atoms with Gasteiger partial charge in [0, 0.05) is 49.0 Å². The number of nitrogens with zero attached hydrogens (tertiary/aromatic N) is 4. The molecule has 0 saturated carbocycles. The number of Topliss-reactive ketones (excluding diaryl/α,β-unsaturated/α-hetero) is 1. The zero-order valence-electron chi connectivity index (χ0n) is 16.1. The third-order valence-corrected chi connectivity index (χ3v) is 6.46. The molecule has 8 heteroatoms. The molecule has 0 aliphatic rings. The Morgan fingerprint density at radius 3 is 2.85 bits per heavy atom. The highest BCUT2D eigenvalue weighted by atomic mass is 32.2. The standard InChI is InChI=1S/C19H24N4O2S2/c1-13-10-16(14(2)23(13)7-8-25-4)17(24)12-27-19-21-20-18(22(19)3)11-15-6-5-9-26-15/h5-6,9-10H,7-8,11-12H2,1-4H3. The summed E-state index contributed by atoms with van der Waals surface area (Å²) < 4.78 is 9.26. The van der Waals surface area contributed by atoms with Gasteiger partial charge in [0.1, 0.15) is 5.82 Å². The van der Waals surface area contributed by atoms with Crippen LogP contribution in [-0.2, 0) is 24.8 Å². The fourth-order valence-corrected chi connectivity index (χ4v) is 4.53. The van der Waals surface area contributed by atoms with Crippen LogP contribution in [-0.4, -0.2) is 44.6 Å². The van der Waals surface area contributed by atoms with E-state index in [1.54, 1.807) is 18.4 Å². The van der Waals surface area contributed by atoms with E-state index in [9.17, 15) is 4.79 Å². The van der Waals surface area contributed by atoms with E-state index < -0.39 is 0 Å². The van der Waals surface area contributed by atoms with Crippen LogP contribution in [0, 0.1) is 13.8 Å². The average Bonchev–Trinajstić information content (AvgIpc) is 3.35. The van der Waals surface area contributed by atoms with Crippen molar-refractivity contribution in [1.82, 2.24) is 19.3 Å². The number of aryl methyl sites for hydroxylation is 1. The molecule has 27 heavy (non-hydrogen) atoms. The van der Waals surface area contributed by atoms with E-state index in [2.05, 4.69) is 26.2 Å². The highest BCUT2D eigenvalue weighted by molar-refractivity contribution is 7.99. The molecule has 0 bridgehead atoms. The molecule has 0 amide bonds. The van der Waals surface area contributed by atoms with Gasteiger partial charge >= 0.3 is 0 Å². The topological polar surface area (TPSA) is 61.9 Å². The molecule has 6 nitrogen and oxygen atoms in total. The van der Waals surface area contributed by atoms with E-state index in [0.29, 0.717) is 12.4 Å². The molecule has 0 unspecified atom stereocenters. The fraction of sp³-hybridized carbons (Fsp3) is 0.421. The van der Waals surface area contributed by atoms with Gasteiger partial charge in [-0.2, -0.15) is 0 Å². The normalized spacial score (nSPS) is 11.3. The van der Waals surface area contributed by atoms with E-state index in [4.69, 9.17) is 4.74 Å². The molecule has 0 atom stereocenters. The van der Waals surface area contributed by atoms with Gasteiger partial charge in [0.2, 0.25) is 0 Å². The Bertz CT molecular complexity index is 913. The van der Waals surface area contributed by atoms with Crippen molar-refractivity contribution in [2.45, 2.75) is 32.0 Å². The maximum atomic E-state index is 12.7. The summed E-state index contributed by atoms with van der Waals surface area (Å²) in [5.41, 5.74) is 2.85. The van der Waals surface area contributed by atoms with Gasteiger partial charge in [-0.1, -0.05) is 17.8 Å². The second-order valence-corrected chi connectivity index (χ2v) is 8.33. The molecule has 0 saturated heterocycles. The molecule has 0 aromatic carbocycles. The number of thiophene rings is 1. The van der Waals surface area contributed by atoms with Crippen LogP contribution in [0.5, 0.6) is 0 Å². The van der Waals surface area contributed by atoms with E-state index in [-0.39, 0.29) is 5.78 Å². The summed E-state index contributed by atoms with van der Waals surface area (Å²) in [5.74, 6) is 1.37. The second-order valence-electron chi connectivity index (χ2n) is 6.36. The smallest absolute Gasteiger partial charge is 0.191 e. The van der Waals surface area contributed by atoms with Crippen LogP contribution in [0.15, 0.2) is 28.7 Å². The Balaban J connectivity index is 1.65. The highest BCUT2D eigenvalue weighted by Gasteiger charge is 2.18. The van der Waals surface area contributed by atoms with Crippen LogP contribution in [0.2, 0.25) is 0 Å². The van der Waals surface area contributed by atoms with Crippen LogP contribution in [0.1, 0.15) is 32.4 Å². The first-order valence-corrected chi connectivity index (χ1v) is 10.6. The Kier molecular flexibility index (Phi) is 6.51. The molecule has 0 N–H and O–H groups in total. The van der Waals surface area contributed by atoms with Crippen molar-refractivity contribution < 1.29 is 9.53 Å². The minimum atomic E-state index is 0.111. The third kappa shape index (κ3) is 4.51. The van der Waals surface area contributed by atoms with Gasteiger partial charge in [0.05, 0.1) is 12.4 Å². The predicted octanol–water partition coefficient (Wildman–Crippen LogP) is 3.51. The number of ether oxygens (including phenoxy) is 1. The minimum absolute atomic E-state index is 0.111. The van der Waals surface area contributed by atoms with Crippen molar-refractivity contribution in [3.8, 4) is 0 Å². The van der Waals surface area contributed by atoms with Crippen molar-refractivity contribution in [3.63, 3.8) is 0 Å².